The lowest BCUT2D eigenvalue weighted by molar-refractivity contribution is -0.120. The number of benzene rings is 3. The molecule has 3 aromatic carbocycles. The molecule has 6 heteroatoms. The van der Waals surface area contributed by atoms with Crippen molar-refractivity contribution < 1.29 is 23.7 Å². The largest absolute Gasteiger partial charge is 0.493 e. The predicted octanol–water partition coefficient (Wildman–Crippen LogP) is 4.19. The van der Waals surface area contributed by atoms with Gasteiger partial charge in [-0.2, -0.15) is 0 Å². The van der Waals surface area contributed by atoms with E-state index in [1.54, 1.807) is 21.3 Å². The number of hydrogen-bond acceptors (Lipinski definition) is 5. The highest BCUT2D eigenvalue weighted by molar-refractivity contribution is 5.78. The van der Waals surface area contributed by atoms with Crippen LogP contribution in [0, 0.1) is 0 Å². The Morgan fingerprint density at radius 2 is 1.44 bits per heavy atom. The first-order valence-electron chi connectivity index (χ1n) is 10.4. The second-order valence-electron chi connectivity index (χ2n) is 7.23. The van der Waals surface area contributed by atoms with E-state index < -0.39 is 0 Å². The van der Waals surface area contributed by atoms with Crippen LogP contribution in [0.15, 0.2) is 66.7 Å². The van der Waals surface area contributed by atoms with Gasteiger partial charge in [0.15, 0.2) is 11.5 Å². The minimum absolute atomic E-state index is 0.0320. The van der Waals surface area contributed by atoms with Gasteiger partial charge in [-0.25, -0.2) is 0 Å². The maximum absolute atomic E-state index is 12.3. The van der Waals surface area contributed by atoms with Crippen molar-refractivity contribution >= 4 is 5.91 Å². The topological polar surface area (TPSA) is 66.0 Å². The molecule has 168 valence electrons. The predicted molar refractivity (Wildman–Crippen MR) is 124 cm³/mol. The van der Waals surface area contributed by atoms with Gasteiger partial charge in [-0.15, -0.1) is 0 Å². The van der Waals surface area contributed by atoms with E-state index in [9.17, 15) is 4.79 Å². The smallest absolute Gasteiger partial charge is 0.224 e. The van der Waals surface area contributed by atoms with Gasteiger partial charge in [0.1, 0.15) is 12.4 Å². The van der Waals surface area contributed by atoms with Crippen molar-refractivity contribution in [1.82, 2.24) is 5.32 Å². The number of nitrogens with one attached hydrogen (secondary N) is 1. The molecule has 0 saturated carbocycles. The molecular formula is C26H29NO5. The SMILES string of the molecule is COc1cc(CCNC(=O)Cc2ccc(OCc3ccccc3)cc2)cc(OC)c1OC. The van der Waals surface area contributed by atoms with Crippen molar-refractivity contribution in [1.29, 1.82) is 0 Å². The van der Waals surface area contributed by atoms with Gasteiger partial charge >= 0.3 is 0 Å². The molecule has 0 radical (unpaired) electrons. The van der Waals surface area contributed by atoms with E-state index in [0.29, 0.717) is 43.2 Å². The normalized spacial score (nSPS) is 10.3. The average Bonchev–Trinajstić information content (AvgIpc) is 2.83. The first-order chi connectivity index (χ1) is 15.6. The van der Waals surface area contributed by atoms with Crippen molar-refractivity contribution in [3.63, 3.8) is 0 Å². The molecule has 32 heavy (non-hydrogen) atoms. The number of carbonyl (C=O) groups is 1. The van der Waals surface area contributed by atoms with Crippen LogP contribution in [0.1, 0.15) is 16.7 Å². The van der Waals surface area contributed by atoms with Crippen LogP contribution in [-0.2, 0) is 24.2 Å². The van der Waals surface area contributed by atoms with Crippen molar-refractivity contribution in [2.24, 2.45) is 0 Å². The lowest BCUT2D eigenvalue weighted by atomic mass is 10.1. The Labute approximate surface area is 189 Å². The fourth-order valence-corrected chi connectivity index (χ4v) is 3.32. The molecule has 0 aliphatic carbocycles. The second kappa shape index (κ2) is 11.6. The van der Waals surface area contributed by atoms with E-state index >= 15 is 0 Å². The standard InChI is InChI=1S/C26H29NO5/c1-29-23-15-21(16-24(30-2)26(23)31-3)13-14-27-25(28)17-19-9-11-22(12-10-19)32-18-20-7-5-4-6-8-20/h4-12,15-16H,13-14,17-18H2,1-3H3,(H,27,28). The zero-order chi connectivity index (χ0) is 22.8. The highest BCUT2D eigenvalue weighted by Gasteiger charge is 2.13. The summed E-state index contributed by atoms with van der Waals surface area (Å²) in [6.07, 6.45) is 0.961. The zero-order valence-electron chi connectivity index (χ0n) is 18.7. The summed E-state index contributed by atoms with van der Waals surface area (Å²) in [4.78, 5) is 12.3. The molecule has 0 heterocycles. The summed E-state index contributed by atoms with van der Waals surface area (Å²) in [6, 6.07) is 21.4. The minimum atomic E-state index is -0.0320. The van der Waals surface area contributed by atoms with Crippen LogP contribution in [0.2, 0.25) is 0 Å². The van der Waals surface area contributed by atoms with E-state index in [1.807, 2.05) is 66.7 Å². The molecule has 0 aliphatic heterocycles. The molecule has 6 nitrogen and oxygen atoms in total. The van der Waals surface area contributed by atoms with E-state index in [-0.39, 0.29) is 5.91 Å². The average molecular weight is 436 g/mol. The van der Waals surface area contributed by atoms with Crippen LogP contribution in [0.5, 0.6) is 23.0 Å². The Bertz CT molecular complexity index is 977. The van der Waals surface area contributed by atoms with Crippen molar-refractivity contribution in [3.05, 3.63) is 83.4 Å². The molecule has 0 bridgehead atoms. The summed E-state index contributed by atoms with van der Waals surface area (Å²) in [6.45, 7) is 1.03. The van der Waals surface area contributed by atoms with E-state index in [1.165, 1.54) is 0 Å². The Morgan fingerprint density at radius 3 is 2.03 bits per heavy atom. The van der Waals surface area contributed by atoms with Crippen LogP contribution in [-0.4, -0.2) is 33.8 Å². The molecule has 1 amide bonds. The maximum atomic E-state index is 12.3. The summed E-state index contributed by atoms with van der Waals surface area (Å²) in [5.74, 6) is 2.50. The molecule has 0 spiro atoms. The molecule has 0 fully saturated rings. The number of hydrogen-bond donors (Lipinski definition) is 1. The summed E-state index contributed by atoms with van der Waals surface area (Å²) in [7, 11) is 4.74. The van der Waals surface area contributed by atoms with Gasteiger partial charge in [0.05, 0.1) is 27.8 Å². The van der Waals surface area contributed by atoms with Gasteiger partial charge < -0.3 is 24.3 Å². The fourth-order valence-electron chi connectivity index (χ4n) is 3.32. The Balaban J connectivity index is 1.47. The van der Waals surface area contributed by atoms with E-state index in [0.717, 1.165) is 22.4 Å². The fraction of sp³-hybridized carbons (Fsp3) is 0.269. The molecule has 0 aromatic heterocycles. The monoisotopic (exact) mass is 435 g/mol. The third kappa shape index (κ3) is 6.41. The molecule has 0 atom stereocenters. The molecule has 0 aliphatic rings. The molecular weight excluding hydrogens is 406 g/mol. The minimum Gasteiger partial charge on any atom is -0.493 e. The summed E-state index contributed by atoms with van der Waals surface area (Å²) >= 11 is 0. The number of carbonyl (C=O) groups excluding carboxylic acids is 1. The highest BCUT2D eigenvalue weighted by Crippen LogP contribution is 2.38. The van der Waals surface area contributed by atoms with Gasteiger partial charge in [0.2, 0.25) is 11.7 Å². The van der Waals surface area contributed by atoms with E-state index in [4.69, 9.17) is 18.9 Å². The van der Waals surface area contributed by atoms with Crippen molar-refractivity contribution in [2.75, 3.05) is 27.9 Å². The molecule has 3 aromatic rings. The van der Waals surface area contributed by atoms with Crippen LogP contribution in [0.3, 0.4) is 0 Å². The van der Waals surface area contributed by atoms with Gasteiger partial charge in [0, 0.05) is 6.54 Å². The van der Waals surface area contributed by atoms with Gasteiger partial charge in [-0.05, 0) is 47.4 Å². The van der Waals surface area contributed by atoms with Crippen molar-refractivity contribution in [3.8, 4) is 23.0 Å². The van der Waals surface area contributed by atoms with Gasteiger partial charge in [-0.1, -0.05) is 42.5 Å². The zero-order valence-corrected chi connectivity index (χ0v) is 18.7. The van der Waals surface area contributed by atoms with Crippen LogP contribution >= 0.6 is 0 Å². The Kier molecular flexibility index (Phi) is 8.37. The van der Waals surface area contributed by atoms with Crippen LogP contribution < -0.4 is 24.3 Å². The molecule has 1 N–H and O–H groups in total. The third-order valence-electron chi connectivity index (χ3n) is 5.00. The Morgan fingerprint density at radius 1 is 0.781 bits per heavy atom. The number of ether oxygens (including phenoxy) is 4. The lowest BCUT2D eigenvalue weighted by Gasteiger charge is -2.14. The summed E-state index contributed by atoms with van der Waals surface area (Å²) in [5, 5.41) is 2.96. The number of amides is 1. The van der Waals surface area contributed by atoms with Gasteiger partial charge in [0.25, 0.3) is 0 Å². The van der Waals surface area contributed by atoms with Crippen molar-refractivity contribution in [2.45, 2.75) is 19.4 Å². The molecule has 0 saturated heterocycles. The van der Waals surface area contributed by atoms with Gasteiger partial charge in [-0.3, -0.25) is 4.79 Å². The summed E-state index contributed by atoms with van der Waals surface area (Å²) in [5.41, 5.74) is 3.03. The lowest BCUT2D eigenvalue weighted by Crippen LogP contribution is -2.27. The first-order valence-corrected chi connectivity index (χ1v) is 10.4. The highest BCUT2D eigenvalue weighted by atomic mass is 16.5. The quantitative estimate of drug-likeness (QED) is 0.489. The Hall–Kier alpha value is -3.67. The van der Waals surface area contributed by atoms with Crippen LogP contribution in [0.25, 0.3) is 0 Å². The summed E-state index contributed by atoms with van der Waals surface area (Å²) < 4.78 is 21.9. The first kappa shape index (κ1) is 23.0. The molecule has 0 unspecified atom stereocenters. The van der Waals surface area contributed by atoms with E-state index in [2.05, 4.69) is 5.32 Å². The molecule has 3 rings (SSSR count). The number of methoxy groups -OCH3 is 3. The second-order valence-corrected chi connectivity index (χ2v) is 7.23. The number of rotatable bonds is 11. The maximum Gasteiger partial charge on any atom is 0.224 e. The van der Waals surface area contributed by atoms with Crippen LogP contribution in [0.4, 0.5) is 0 Å². The third-order valence-corrected chi connectivity index (χ3v) is 5.00.